The van der Waals surface area contributed by atoms with E-state index in [0.29, 0.717) is 25.2 Å². The highest BCUT2D eigenvalue weighted by molar-refractivity contribution is 5.70. The number of hydrogen-bond donors (Lipinski definition) is 1. The molecule has 1 aliphatic heterocycles. The van der Waals surface area contributed by atoms with Crippen LogP contribution in [0.2, 0.25) is 0 Å². The summed E-state index contributed by atoms with van der Waals surface area (Å²) in [4.78, 5) is 16.9. The molecule has 2 rings (SSSR count). The second-order valence-electron chi connectivity index (χ2n) is 4.18. The number of carboxylic acid groups (broad SMARTS) is 1. The van der Waals surface area contributed by atoms with Crippen molar-refractivity contribution in [2.75, 3.05) is 13.1 Å². The molecule has 0 amide bonds. The first-order valence-electron chi connectivity index (χ1n) is 5.50. The maximum absolute atomic E-state index is 10.8. The van der Waals surface area contributed by atoms with Crippen LogP contribution in [0.5, 0.6) is 0 Å². The zero-order valence-corrected chi connectivity index (χ0v) is 9.33. The summed E-state index contributed by atoms with van der Waals surface area (Å²) in [7, 11) is 0. The average Bonchev–Trinajstić information content (AvgIpc) is 2.78. The highest BCUT2D eigenvalue weighted by atomic mass is 16.4. The molecule has 17 heavy (non-hydrogen) atoms. The lowest BCUT2D eigenvalue weighted by Gasteiger charge is -2.15. The van der Waals surface area contributed by atoms with E-state index in [4.69, 9.17) is 10.4 Å². The van der Waals surface area contributed by atoms with Crippen molar-refractivity contribution >= 4 is 5.97 Å². The van der Waals surface area contributed by atoms with Crippen molar-refractivity contribution in [2.45, 2.75) is 13.0 Å². The molecule has 1 saturated heterocycles. The number of aliphatic carboxylic acids is 1. The van der Waals surface area contributed by atoms with Crippen LogP contribution in [0.1, 0.15) is 17.7 Å². The van der Waals surface area contributed by atoms with Gasteiger partial charge in [-0.1, -0.05) is 6.07 Å². The van der Waals surface area contributed by atoms with Crippen LogP contribution in [0.4, 0.5) is 0 Å². The average molecular weight is 231 g/mol. The molecule has 0 saturated carbocycles. The van der Waals surface area contributed by atoms with Gasteiger partial charge in [-0.2, -0.15) is 5.26 Å². The van der Waals surface area contributed by atoms with Crippen LogP contribution in [0.25, 0.3) is 0 Å². The molecule has 5 heteroatoms. The summed E-state index contributed by atoms with van der Waals surface area (Å²) in [5.41, 5.74) is 1.28. The predicted octanol–water partition coefficient (Wildman–Crippen LogP) is 0.860. The van der Waals surface area contributed by atoms with Gasteiger partial charge in [0.1, 0.15) is 11.8 Å². The fourth-order valence-electron chi connectivity index (χ4n) is 2.09. The summed E-state index contributed by atoms with van der Waals surface area (Å²) >= 11 is 0. The molecule has 5 nitrogen and oxygen atoms in total. The minimum atomic E-state index is -0.737. The van der Waals surface area contributed by atoms with Gasteiger partial charge in [-0.05, 0) is 19.0 Å². The number of pyridine rings is 1. The number of rotatable bonds is 3. The quantitative estimate of drug-likeness (QED) is 0.834. The van der Waals surface area contributed by atoms with Crippen molar-refractivity contribution in [2.24, 2.45) is 5.92 Å². The number of nitriles is 1. The van der Waals surface area contributed by atoms with Gasteiger partial charge in [-0.15, -0.1) is 0 Å². The third-order valence-corrected chi connectivity index (χ3v) is 3.01. The topological polar surface area (TPSA) is 77.2 Å². The van der Waals surface area contributed by atoms with Crippen LogP contribution in [-0.2, 0) is 11.3 Å². The fraction of sp³-hybridized carbons (Fsp3) is 0.417. The Morgan fingerprint density at radius 3 is 3.18 bits per heavy atom. The third kappa shape index (κ3) is 2.60. The molecule has 1 atom stereocenters. The van der Waals surface area contributed by atoms with E-state index in [0.717, 1.165) is 12.1 Å². The lowest BCUT2D eigenvalue weighted by Crippen LogP contribution is -2.23. The SMILES string of the molecule is N#Cc1ncccc1CN1CCC(C(=O)O)C1. The molecule has 1 aromatic rings. The molecule has 1 N–H and O–H groups in total. The molecule has 2 heterocycles. The van der Waals surface area contributed by atoms with Crippen LogP contribution < -0.4 is 0 Å². The first kappa shape index (κ1) is 11.6. The highest BCUT2D eigenvalue weighted by Gasteiger charge is 2.28. The van der Waals surface area contributed by atoms with Crippen LogP contribution in [0.3, 0.4) is 0 Å². The van der Waals surface area contributed by atoms with Crippen LogP contribution in [-0.4, -0.2) is 34.0 Å². The molecule has 0 aromatic carbocycles. The molecule has 0 aliphatic carbocycles. The van der Waals surface area contributed by atoms with Crippen molar-refractivity contribution in [3.05, 3.63) is 29.6 Å². The van der Waals surface area contributed by atoms with E-state index in [-0.39, 0.29) is 5.92 Å². The van der Waals surface area contributed by atoms with Gasteiger partial charge in [0.2, 0.25) is 0 Å². The molecule has 1 aromatic heterocycles. The summed E-state index contributed by atoms with van der Waals surface area (Å²) in [5.74, 6) is -1.02. The Hall–Kier alpha value is -1.93. The Morgan fingerprint density at radius 1 is 1.71 bits per heavy atom. The van der Waals surface area contributed by atoms with E-state index in [1.807, 2.05) is 12.1 Å². The number of nitrogens with zero attached hydrogens (tertiary/aromatic N) is 3. The number of hydrogen-bond acceptors (Lipinski definition) is 4. The summed E-state index contributed by atoms with van der Waals surface area (Å²) in [6.07, 6.45) is 2.27. The third-order valence-electron chi connectivity index (χ3n) is 3.01. The molecule has 1 unspecified atom stereocenters. The van der Waals surface area contributed by atoms with Crippen molar-refractivity contribution in [3.63, 3.8) is 0 Å². The Kier molecular flexibility index (Phi) is 3.35. The summed E-state index contributed by atoms with van der Waals surface area (Å²) in [6, 6.07) is 5.70. The van der Waals surface area contributed by atoms with Gasteiger partial charge >= 0.3 is 5.97 Å². The normalized spacial score (nSPS) is 20.1. The van der Waals surface area contributed by atoms with E-state index in [1.165, 1.54) is 0 Å². The van der Waals surface area contributed by atoms with E-state index in [9.17, 15) is 4.79 Å². The van der Waals surface area contributed by atoms with Gasteiger partial charge in [0.15, 0.2) is 0 Å². The van der Waals surface area contributed by atoms with Crippen molar-refractivity contribution in [3.8, 4) is 6.07 Å². The van der Waals surface area contributed by atoms with Crippen molar-refractivity contribution in [1.29, 1.82) is 5.26 Å². The zero-order valence-electron chi connectivity index (χ0n) is 9.33. The van der Waals surface area contributed by atoms with Gasteiger partial charge in [-0.3, -0.25) is 9.69 Å². The second kappa shape index (κ2) is 4.93. The molecular formula is C12H13N3O2. The van der Waals surface area contributed by atoms with Gasteiger partial charge < -0.3 is 5.11 Å². The number of aromatic nitrogens is 1. The summed E-state index contributed by atoms with van der Waals surface area (Å²) in [5, 5.41) is 17.8. The minimum Gasteiger partial charge on any atom is -0.481 e. The van der Waals surface area contributed by atoms with Crippen LogP contribution in [0, 0.1) is 17.2 Å². The molecule has 0 radical (unpaired) electrons. The smallest absolute Gasteiger partial charge is 0.307 e. The molecule has 1 aliphatic rings. The molecule has 0 bridgehead atoms. The highest BCUT2D eigenvalue weighted by Crippen LogP contribution is 2.19. The van der Waals surface area contributed by atoms with Crippen LogP contribution >= 0.6 is 0 Å². The number of carbonyl (C=O) groups is 1. The van der Waals surface area contributed by atoms with E-state index < -0.39 is 5.97 Å². The van der Waals surface area contributed by atoms with Gasteiger partial charge in [0.25, 0.3) is 0 Å². The van der Waals surface area contributed by atoms with Crippen LogP contribution in [0.15, 0.2) is 18.3 Å². The molecule has 0 spiro atoms. The Bertz CT molecular complexity index is 467. The van der Waals surface area contributed by atoms with Crippen molar-refractivity contribution in [1.82, 2.24) is 9.88 Å². The van der Waals surface area contributed by atoms with Gasteiger partial charge in [0.05, 0.1) is 5.92 Å². The first-order valence-corrected chi connectivity index (χ1v) is 5.50. The predicted molar refractivity (Wildman–Crippen MR) is 60.0 cm³/mol. The Labute approximate surface area is 99.3 Å². The lowest BCUT2D eigenvalue weighted by atomic mass is 10.1. The molecular weight excluding hydrogens is 218 g/mol. The Morgan fingerprint density at radius 2 is 2.53 bits per heavy atom. The number of carboxylic acids is 1. The fourth-order valence-corrected chi connectivity index (χ4v) is 2.09. The lowest BCUT2D eigenvalue weighted by molar-refractivity contribution is -0.141. The summed E-state index contributed by atoms with van der Waals surface area (Å²) in [6.45, 7) is 1.91. The zero-order chi connectivity index (χ0) is 12.3. The van der Waals surface area contributed by atoms with Crippen molar-refractivity contribution < 1.29 is 9.90 Å². The second-order valence-corrected chi connectivity index (χ2v) is 4.18. The monoisotopic (exact) mass is 231 g/mol. The van der Waals surface area contributed by atoms with Gasteiger partial charge in [0, 0.05) is 24.8 Å². The maximum Gasteiger partial charge on any atom is 0.307 e. The maximum atomic E-state index is 10.8. The van der Waals surface area contributed by atoms with E-state index >= 15 is 0 Å². The van der Waals surface area contributed by atoms with E-state index in [2.05, 4.69) is 9.88 Å². The first-order chi connectivity index (χ1) is 8.20. The number of likely N-dealkylation sites (tertiary alicyclic amines) is 1. The Balaban J connectivity index is 2.03. The minimum absolute atomic E-state index is 0.280. The largest absolute Gasteiger partial charge is 0.481 e. The van der Waals surface area contributed by atoms with Gasteiger partial charge in [-0.25, -0.2) is 4.98 Å². The summed E-state index contributed by atoms with van der Waals surface area (Å²) < 4.78 is 0. The standard InChI is InChI=1S/C12H13N3O2/c13-6-11-9(2-1-4-14-11)7-15-5-3-10(8-15)12(16)17/h1-2,4,10H,3,5,7-8H2,(H,16,17). The van der Waals surface area contributed by atoms with E-state index in [1.54, 1.807) is 12.3 Å². The molecule has 88 valence electrons. The molecule has 1 fully saturated rings.